The summed E-state index contributed by atoms with van der Waals surface area (Å²) in [6, 6.07) is 0. The highest BCUT2D eigenvalue weighted by atomic mass is 16.7. The zero-order valence-corrected chi connectivity index (χ0v) is 20.7. The lowest BCUT2D eigenvalue weighted by molar-refractivity contribution is -0.302. The van der Waals surface area contributed by atoms with E-state index in [0.29, 0.717) is 12.5 Å². The van der Waals surface area contributed by atoms with Crippen LogP contribution in [0.2, 0.25) is 0 Å². The van der Waals surface area contributed by atoms with E-state index >= 15 is 0 Å². The van der Waals surface area contributed by atoms with E-state index in [1.54, 1.807) is 0 Å². The Morgan fingerprint density at radius 2 is 1.85 bits per heavy atom. The third-order valence-corrected chi connectivity index (χ3v) is 9.83. The van der Waals surface area contributed by atoms with Crippen LogP contribution in [0.4, 0.5) is 0 Å². The quantitative estimate of drug-likeness (QED) is 0.364. The molecule has 4 aliphatic rings. The molecule has 0 amide bonds. The Morgan fingerprint density at radius 1 is 1.12 bits per heavy atom. The summed E-state index contributed by atoms with van der Waals surface area (Å²) in [7, 11) is 0. The third-order valence-electron chi connectivity index (χ3n) is 9.83. The van der Waals surface area contributed by atoms with Gasteiger partial charge in [-0.3, -0.25) is 4.79 Å². The van der Waals surface area contributed by atoms with Crippen LogP contribution in [0.15, 0.2) is 11.6 Å². The van der Waals surface area contributed by atoms with Crippen LogP contribution < -0.4 is 0 Å². The Kier molecular flexibility index (Phi) is 7.24. The molecule has 1 heterocycles. The van der Waals surface area contributed by atoms with E-state index in [4.69, 9.17) is 9.47 Å². The third kappa shape index (κ3) is 4.35. The van der Waals surface area contributed by atoms with Crippen molar-refractivity contribution in [2.24, 2.45) is 28.1 Å². The lowest BCUT2D eigenvalue weighted by atomic mass is 9.45. The number of aliphatic hydroxyl groups excluding tert-OH is 4. The Bertz CT molecular complexity index is 798. The summed E-state index contributed by atoms with van der Waals surface area (Å²) >= 11 is 0. The van der Waals surface area contributed by atoms with Crippen LogP contribution in [0, 0.1) is 28.1 Å². The second-order valence-electron chi connectivity index (χ2n) is 12.0. The molecule has 3 aliphatic carbocycles. The van der Waals surface area contributed by atoms with Crippen molar-refractivity contribution >= 4 is 5.97 Å². The van der Waals surface area contributed by atoms with Crippen LogP contribution in [0.25, 0.3) is 0 Å². The van der Waals surface area contributed by atoms with Gasteiger partial charge in [0.15, 0.2) is 6.29 Å². The number of aliphatic carboxylic acids is 1. The molecular weight excluding hydrogens is 440 g/mol. The van der Waals surface area contributed by atoms with Crippen molar-refractivity contribution in [1.82, 2.24) is 0 Å². The highest BCUT2D eigenvalue weighted by Gasteiger charge is 2.58. The Morgan fingerprint density at radius 3 is 2.53 bits per heavy atom. The normalized spacial score (nSPS) is 49.0. The van der Waals surface area contributed by atoms with Crippen molar-refractivity contribution in [1.29, 1.82) is 0 Å². The second-order valence-corrected chi connectivity index (χ2v) is 12.0. The first kappa shape index (κ1) is 26.0. The predicted molar refractivity (Wildman–Crippen MR) is 124 cm³/mol. The van der Waals surface area contributed by atoms with Gasteiger partial charge in [0.2, 0.25) is 0 Å². The molecule has 3 unspecified atom stereocenters. The molecule has 0 aromatic heterocycles. The molecule has 1 aliphatic heterocycles. The maximum Gasteiger partial charge on any atom is 0.309 e. The molecule has 5 N–H and O–H groups in total. The van der Waals surface area contributed by atoms with Crippen LogP contribution in [-0.4, -0.2) is 75.4 Å². The fraction of sp³-hybridized carbons (Fsp3) is 0.885. The molecule has 4 rings (SSSR count). The van der Waals surface area contributed by atoms with E-state index in [1.165, 1.54) is 5.57 Å². The van der Waals surface area contributed by atoms with E-state index < -0.39 is 48.7 Å². The minimum absolute atomic E-state index is 0.0175. The summed E-state index contributed by atoms with van der Waals surface area (Å²) in [5.41, 5.74) is 0.832. The van der Waals surface area contributed by atoms with Gasteiger partial charge in [0.1, 0.15) is 24.4 Å². The number of allylic oxidation sites excluding steroid dienone is 2. The molecule has 8 heteroatoms. The van der Waals surface area contributed by atoms with Gasteiger partial charge in [0, 0.05) is 0 Å². The van der Waals surface area contributed by atoms with Gasteiger partial charge < -0.3 is 35.0 Å². The number of hydrogen-bond donors (Lipinski definition) is 5. The molecular formula is C26H42O8. The molecule has 2 saturated carbocycles. The fourth-order valence-electron chi connectivity index (χ4n) is 7.57. The average molecular weight is 483 g/mol. The standard InChI is InChI=1S/C26H42O8/c1-24(11-12-33-22-21(30)20(29)19(28)17(14-27)34-22)10-7-16-15(13-24)5-6-18-25(16,2)8-4-9-26(18,3)23(31)32/h5,16-22,27-30H,4,6-14H2,1-3H3,(H,31,32)/t16?,17-,18?,19-,20+,21-,22+,24?,25-,26-/m1/s1. The summed E-state index contributed by atoms with van der Waals surface area (Å²) in [5.74, 6) is -0.0743. The van der Waals surface area contributed by atoms with Gasteiger partial charge in [0.25, 0.3) is 0 Å². The molecule has 194 valence electrons. The van der Waals surface area contributed by atoms with Gasteiger partial charge in [-0.1, -0.05) is 31.9 Å². The van der Waals surface area contributed by atoms with Crippen molar-refractivity contribution in [2.75, 3.05) is 13.2 Å². The number of hydrogen-bond acceptors (Lipinski definition) is 7. The van der Waals surface area contributed by atoms with Gasteiger partial charge in [-0.05, 0) is 74.5 Å². The maximum atomic E-state index is 12.2. The van der Waals surface area contributed by atoms with Crippen LogP contribution in [0.5, 0.6) is 0 Å². The lowest BCUT2D eigenvalue weighted by Gasteiger charge is -2.58. The summed E-state index contributed by atoms with van der Waals surface area (Å²) in [6.45, 7) is 6.37. The van der Waals surface area contributed by atoms with E-state index in [0.717, 1.165) is 51.4 Å². The van der Waals surface area contributed by atoms with Crippen molar-refractivity contribution in [3.63, 3.8) is 0 Å². The predicted octanol–water partition coefficient (Wildman–Crippen LogP) is 2.23. The Labute approximate surface area is 202 Å². The first-order valence-electron chi connectivity index (χ1n) is 12.8. The van der Waals surface area contributed by atoms with Crippen molar-refractivity contribution in [3.05, 3.63) is 11.6 Å². The van der Waals surface area contributed by atoms with Crippen molar-refractivity contribution in [2.45, 2.75) is 103 Å². The Hall–Kier alpha value is -1.03. The number of ether oxygens (including phenoxy) is 2. The molecule has 1 saturated heterocycles. The van der Waals surface area contributed by atoms with Crippen molar-refractivity contribution < 1.29 is 39.8 Å². The summed E-state index contributed by atoms with van der Waals surface area (Å²) in [5, 5.41) is 49.5. The zero-order chi connectivity index (χ0) is 24.9. The minimum atomic E-state index is -1.44. The summed E-state index contributed by atoms with van der Waals surface area (Å²) in [4.78, 5) is 12.2. The van der Waals surface area contributed by atoms with Gasteiger partial charge in [-0.2, -0.15) is 0 Å². The molecule has 3 fully saturated rings. The molecule has 0 spiro atoms. The first-order chi connectivity index (χ1) is 15.9. The number of carboxylic acid groups (broad SMARTS) is 1. The summed E-state index contributed by atoms with van der Waals surface area (Å²) < 4.78 is 11.2. The number of rotatable bonds is 6. The zero-order valence-electron chi connectivity index (χ0n) is 20.7. The minimum Gasteiger partial charge on any atom is -0.481 e. The van der Waals surface area contributed by atoms with Crippen LogP contribution >= 0.6 is 0 Å². The number of fused-ring (bicyclic) bond motifs is 3. The fourth-order valence-corrected chi connectivity index (χ4v) is 7.57. The molecule has 0 aromatic carbocycles. The molecule has 0 aromatic rings. The van der Waals surface area contributed by atoms with Crippen molar-refractivity contribution in [3.8, 4) is 0 Å². The number of aliphatic hydroxyl groups is 4. The monoisotopic (exact) mass is 482 g/mol. The number of carbonyl (C=O) groups is 1. The number of carboxylic acids is 1. The van der Waals surface area contributed by atoms with Gasteiger partial charge in [0.05, 0.1) is 18.6 Å². The topological polar surface area (TPSA) is 137 Å². The van der Waals surface area contributed by atoms with E-state index in [2.05, 4.69) is 19.9 Å². The van der Waals surface area contributed by atoms with Crippen LogP contribution in [0.3, 0.4) is 0 Å². The second kappa shape index (κ2) is 9.45. The molecule has 0 bridgehead atoms. The smallest absolute Gasteiger partial charge is 0.309 e. The molecule has 10 atom stereocenters. The van der Waals surface area contributed by atoms with Crippen LogP contribution in [-0.2, 0) is 14.3 Å². The van der Waals surface area contributed by atoms with Crippen LogP contribution in [0.1, 0.15) is 72.1 Å². The van der Waals surface area contributed by atoms with Gasteiger partial charge in [-0.15, -0.1) is 0 Å². The van der Waals surface area contributed by atoms with E-state index in [9.17, 15) is 30.3 Å². The molecule has 8 nitrogen and oxygen atoms in total. The van der Waals surface area contributed by atoms with E-state index in [1.807, 2.05) is 6.92 Å². The highest BCUT2D eigenvalue weighted by Crippen LogP contribution is 2.64. The van der Waals surface area contributed by atoms with E-state index in [-0.39, 0.29) is 16.7 Å². The average Bonchev–Trinajstić information content (AvgIpc) is 2.78. The largest absolute Gasteiger partial charge is 0.481 e. The van der Waals surface area contributed by atoms with Gasteiger partial charge >= 0.3 is 5.97 Å². The molecule has 34 heavy (non-hydrogen) atoms. The van der Waals surface area contributed by atoms with Gasteiger partial charge in [-0.25, -0.2) is 0 Å². The first-order valence-corrected chi connectivity index (χ1v) is 12.8. The Balaban J connectivity index is 1.39. The summed E-state index contributed by atoms with van der Waals surface area (Å²) in [6.07, 6.45) is 3.41. The highest BCUT2D eigenvalue weighted by molar-refractivity contribution is 5.75. The lowest BCUT2D eigenvalue weighted by Crippen LogP contribution is -2.59. The SMILES string of the molecule is CC1(CCO[C@H]2O[C@H](CO)[C@@H](O)[C@H](O)[C@H]2O)CCC2C(=CCC3[C@]2(C)CCC[C@@]3(C)C(=O)O)C1. The molecule has 0 radical (unpaired) electrons. The maximum absolute atomic E-state index is 12.2.